The van der Waals surface area contributed by atoms with Gasteiger partial charge in [0.05, 0.1) is 29.7 Å². The summed E-state index contributed by atoms with van der Waals surface area (Å²) in [5.74, 6) is 0.322. The van der Waals surface area contributed by atoms with Gasteiger partial charge in [-0.1, -0.05) is 11.6 Å². The molecule has 4 rings (SSSR count). The van der Waals surface area contributed by atoms with Crippen LogP contribution in [0.3, 0.4) is 0 Å². The van der Waals surface area contributed by atoms with E-state index in [2.05, 4.69) is 10.3 Å². The van der Waals surface area contributed by atoms with Crippen LogP contribution in [0.25, 0.3) is 22.2 Å². The molecule has 1 aliphatic rings. The van der Waals surface area contributed by atoms with Gasteiger partial charge in [0.15, 0.2) is 0 Å². The Bertz CT molecular complexity index is 1060. The SMILES string of the molecule is CO[C@]1(c2cc(Cl)cc(-c3cn(C)c4cnc(NC(C)=O)cc34)n2)CCOC1. The van der Waals surface area contributed by atoms with E-state index in [4.69, 9.17) is 26.1 Å². The van der Waals surface area contributed by atoms with Crippen LogP contribution in [0, 0.1) is 0 Å². The molecule has 0 saturated carbocycles. The number of anilines is 1. The molecule has 1 N–H and O–H groups in total. The van der Waals surface area contributed by atoms with Gasteiger partial charge in [-0.25, -0.2) is 9.97 Å². The second-order valence-electron chi connectivity index (χ2n) is 6.98. The van der Waals surface area contributed by atoms with Crippen molar-refractivity contribution in [1.29, 1.82) is 0 Å². The number of nitrogens with zero attached hydrogens (tertiary/aromatic N) is 3. The maximum Gasteiger partial charge on any atom is 0.222 e. The number of hydrogen-bond donors (Lipinski definition) is 1. The van der Waals surface area contributed by atoms with Gasteiger partial charge in [0.25, 0.3) is 0 Å². The highest BCUT2D eigenvalue weighted by Crippen LogP contribution is 2.37. The first-order chi connectivity index (χ1) is 13.4. The molecule has 1 amide bonds. The number of halogens is 1. The summed E-state index contributed by atoms with van der Waals surface area (Å²) in [7, 11) is 3.61. The highest BCUT2D eigenvalue weighted by atomic mass is 35.5. The number of methoxy groups -OCH3 is 1. The van der Waals surface area contributed by atoms with Gasteiger partial charge in [0, 0.05) is 56.3 Å². The van der Waals surface area contributed by atoms with Crippen molar-refractivity contribution < 1.29 is 14.3 Å². The van der Waals surface area contributed by atoms with Crippen molar-refractivity contribution in [3.05, 3.63) is 41.3 Å². The van der Waals surface area contributed by atoms with E-state index in [1.54, 1.807) is 13.3 Å². The number of aryl methyl sites for hydroxylation is 1. The van der Waals surface area contributed by atoms with Gasteiger partial charge in [-0.05, 0) is 18.2 Å². The third-order valence-electron chi connectivity index (χ3n) is 5.09. The molecule has 4 heterocycles. The van der Waals surface area contributed by atoms with E-state index in [1.165, 1.54) is 6.92 Å². The van der Waals surface area contributed by atoms with Gasteiger partial charge in [-0.2, -0.15) is 0 Å². The van der Waals surface area contributed by atoms with E-state index in [0.717, 1.165) is 34.3 Å². The molecule has 0 spiro atoms. The molecular formula is C20H21ClN4O3. The minimum Gasteiger partial charge on any atom is -0.378 e. The number of carbonyl (C=O) groups is 1. The standard InChI is InChI=1S/C20H21ClN4O3/c1-12(26)23-19-8-14-15(10-25(2)17(14)9-22-19)16-6-13(21)7-18(24-16)20(27-3)4-5-28-11-20/h6-10H,4-5,11H2,1-3H3,(H,22,23,26)/t20-/m1/s1. The van der Waals surface area contributed by atoms with E-state index < -0.39 is 5.60 Å². The Kier molecular flexibility index (Phi) is 4.82. The number of nitrogens with one attached hydrogen (secondary N) is 1. The van der Waals surface area contributed by atoms with Gasteiger partial charge < -0.3 is 19.4 Å². The Labute approximate surface area is 167 Å². The minimum atomic E-state index is -0.590. The van der Waals surface area contributed by atoms with Crippen LogP contribution in [-0.2, 0) is 26.9 Å². The molecule has 0 unspecified atom stereocenters. The van der Waals surface area contributed by atoms with Gasteiger partial charge in [-0.15, -0.1) is 0 Å². The largest absolute Gasteiger partial charge is 0.378 e. The lowest BCUT2D eigenvalue weighted by Gasteiger charge is -2.25. The molecular weight excluding hydrogens is 380 g/mol. The Morgan fingerprint density at radius 1 is 1.39 bits per heavy atom. The van der Waals surface area contributed by atoms with Gasteiger partial charge in [0.2, 0.25) is 5.91 Å². The maximum absolute atomic E-state index is 11.4. The molecule has 7 nitrogen and oxygen atoms in total. The summed E-state index contributed by atoms with van der Waals surface area (Å²) < 4.78 is 13.3. The molecule has 0 aliphatic carbocycles. The first-order valence-electron chi connectivity index (χ1n) is 8.96. The Balaban J connectivity index is 1.87. The lowest BCUT2D eigenvalue weighted by Crippen LogP contribution is -2.30. The highest BCUT2D eigenvalue weighted by molar-refractivity contribution is 6.31. The molecule has 1 fully saturated rings. The third-order valence-corrected chi connectivity index (χ3v) is 5.31. The van der Waals surface area contributed by atoms with Gasteiger partial charge in [-0.3, -0.25) is 4.79 Å². The molecule has 0 radical (unpaired) electrons. The molecule has 28 heavy (non-hydrogen) atoms. The first-order valence-corrected chi connectivity index (χ1v) is 9.34. The number of ether oxygens (including phenoxy) is 2. The predicted molar refractivity (Wildman–Crippen MR) is 107 cm³/mol. The molecule has 1 saturated heterocycles. The fourth-order valence-corrected chi connectivity index (χ4v) is 3.82. The van der Waals surface area contributed by atoms with Crippen LogP contribution in [0.2, 0.25) is 5.02 Å². The zero-order chi connectivity index (χ0) is 19.9. The number of amides is 1. The van der Waals surface area contributed by atoms with Crippen molar-refractivity contribution in [3.8, 4) is 11.3 Å². The highest BCUT2D eigenvalue weighted by Gasteiger charge is 2.38. The zero-order valence-corrected chi connectivity index (χ0v) is 16.7. The van der Waals surface area contributed by atoms with Crippen molar-refractivity contribution >= 4 is 34.2 Å². The van der Waals surface area contributed by atoms with Crippen molar-refractivity contribution in [2.75, 3.05) is 25.6 Å². The molecule has 3 aromatic rings. The van der Waals surface area contributed by atoms with Crippen LogP contribution in [0.5, 0.6) is 0 Å². The lowest BCUT2D eigenvalue weighted by atomic mass is 9.97. The van der Waals surface area contributed by atoms with Crippen LogP contribution in [-0.4, -0.2) is 40.8 Å². The number of carbonyl (C=O) groups excluding carboxylic acids is 1. The van der Waals surface area contributed by atoms with Crippen molar-refractivity contribution in [3.63, 3.8) is 0 Å². The van der Waals surface area contributed by atoms with E-state index in [0.29, 0.717) is 24.1 Å². The summed E-state index contributed by atoms with van der Waals surface area (Å²) in [4.78, 5) is 20.6. The zero-order valence-electron chi connectivity index (χ0n) is 16.0. The summed E-state index contributed by atoms with van der Waals surface area (Å²) in [5, 5.41) is 4.23. The molecule has 3 aromatic heterocycles. The monoisotopic (exact) mass is 400 g/mol. The topological polar surface area (TPSA) is 78.3 Å². The van der Waals surface area contributed by atoms with Crippen molar-refractivity contribution in [2.45, 2.75) is 18.9 Å². The number of hydrogen-bond acceptors (Lipinski definition) is 5. The number of pyridine rings is 2. The summed E-state index contributed by atoms with van der Waals surface area (Å²) >= 11 is 6.44. The fraction of sp³-hybridized carbons (Fsp3) is 0.350. The van der Waals surface area contributed by atoms with Crippen LogP contribution in [0.1, 0.15) is 19.0 Å². The normalized spacial score (nSPS) is 19.3. The maximum atomic E-state index is 11.4. The molecule has 0 bridgehead atoms. The molecule has 1 atom stereocenters. The van der Waals surface area contributed by atoms with E-state index in [-0.39, 0.29) is 5.91 Å². The molecule has 146 valence electrons. The third kappa shape index (κ3) is 3.26. The van der Waals surface area contributed by atoms with Gasteiger partial charge >= 0.3 is 0 Å². The number of rotatable bonds is 4. The van der Waals surface area contributed by atoms with Crippen molar-refractivity contribution in [2.24, 2.45) is 7.05 Å². The van der Waals surface area contributed by atoms with Crippen LogP contribution < -0.4 is 5.32 Å². The van der Waals surface area contributed by atoms with Crippen LogP contribution in [0.4, 0.5) is 5.82 Å². The quantitative estimate of drug-likeness (QED) is 0.725. The van der Waals surface area contributed by atoms with Crippen LogP contribution >= 0.6 is 11.6 Å². The number of aromatic nitrogens is 3. The predicted octanol–water partition coefficient (Wildman–Crippen LogP) is 3.51. The first kappa shape index (κ1) is 18.9. The smallest absolute Gasteiger partial charge is 0.222 e. The van der Waals surface area contributed by atoms with Gasteiger partial charge in [0.1, 0.15) is 11.4 Å². The molecule has 8 heteroatoms. The fourth-order valence-electron chi connectivity index (χ4n) is 3.61. The summed E-state index contributed by atoms with van der Waals surface area (Å²) in [6.07, 6.45) is 4.44. The Morgan fingerprint density at radius 2 is 2.21 bits per heavy atom. The lowest BCUT2D eigenvalue weighted by molar-refractivity contribution is -0.114. The Hall–Kier alpha value is -2.48. The molecule has 1 aliphatic heterocycles. The van der Waals surface area contributed by atoms with E-state index >= 15 is 0 Å². The average Bonchev–Trinajstić information content (AvgIpc) is 3.26. The van der Waals surface area contributed by atoms with E-state index in [9.17, 15) is 4.79 Å². The number of fused-ring (bicyclic) bond motifs is 1. The summed E-state index contributed by atoms with van der Waals surface area (Å²) in [6, 6.07) is 5.51. The van der Waals surface area contributed by atoms with E-state index in [1.807, 2.05) is 36.0 Å². The minimum absolute atomic E-state index is 0.171. The van der Waals surface area contributed by atoms with Crippen LogP contribution in [0.15, 0.2) is 30.6 Å². The molecule has 0 aromatic carbocycles. The summed E-state index contributed by atoms with van der Waals surface area (Å²) in [6.45, 7) is 2.52. The Morgan fingerprint density at radius 3 is 2.89 bits per heavy atom. The second kappa shape index (κ2) is 7.16. The summed E-state index contributed by atoms with van der Waals surface area (Å²) in [5.41, 5.74) is 2.73. The average molecular weight is 401 g/mol. The second-order valence-corrected chi connectivity index (χ2v) is 7.41. The van der Waals surface area contributed by atoms with Crippen molar-refractivity contribution in [1.82, 2.24) is 14.5 Å².